The van der Waals surface area contributed by atoms with Gasteiger partial charge in [0.1, 0.15) is 0 Å². The highest BCUT2D eigenvalue weighted by Crippen LogP contribution is 2.36. The summed E-state index contributed by atoms with van der Waals surface area (Å²) in [7, 11) is -2.26. The van der Waals surface area contributed by atoms with Crippen LogP contribution in [0.4, 0.5) is 5.69 Å². The first-order valence-electron chi connectivity index (χ1n) is 10.5. The van der Waals surface area contributed by atoms with Crippen LogP contribution in [0.2, 0.25) is 0 Å². The molecule has 0 aliphatic carbocycles. The van der Waals surface area contributed by atoms with Gasteiger partial charge in [0.05, 0.1) is 21.7 Å². The normalized spacial score (nSPS) is 13.3. The van der Waals surface area contributed by atoms with Gasteiger partial charge in [-0.05, 0) is 65.3 Å². The number of halogens is 2. The lowest BCUT2D eigenvalue weighted by molar-refractivity contribution is 0.0991. The van der Waals surface area contributed by atoms with Gasteiger partial charge in [-0.2, -0.15) is 0 Å². The Hall–Kier alpha value is -2.59. The first-order chi connectivity index (χ1) is 16.3. The van der Waals surface area contributed by atoms with E-state index in [1.807, 2.05) is 48.5 Å². The maximum Gasteiger partial charge on any atom is 0.259 e. The minimum Gasteiger partial charge on any atom is -0.308 e. The molecule has 1 amide bonds. The smallest absolute Gasteiger partial charge is 0.259 e. The Balaban J connectivity index is 1.69. The van der Waals surface area contributed by atoms with Gasteiger partial charge < -0.3 is 4.90 Å². The number of carbonyl (C=O) groups excluding carboxylic acids is 1. The average Bonchev–Trinajstić information content (AvgIpc) is 3.27. The molecular formula is C25H19Br2N3O3S. The third-order valence-corrected chi connectivity index (χ3v) is 8.38. The molecule has 172 valence electrons. The molecule has 2 heterocycles. The second kappa shape index (κ2) is 8.88. The molecule has 3 aromatic carbocycles. The molecule has 0 radical (unpaired) electrons. The first kappa shape index (κ1) is 23.2. The summed E-state index contributed by atoms with van der Waals surface area (Å²) in [6.45, 7) is 0.469. The molecule has 34 heavy (non-hydrogen) atoms. The van der Waals surface area contributed by atoms with E-state index in [9.17, 15) is 13.2 Å². The van der Waals surface area contributed by atoms with E-state index in [2.05, 4.69) is 36.6 Å². The molecular weight excluding hydrogens is 582 g/mol. The summed E-state index contributed by atoms with van der Waals surface area (Å²) in [5.41, 5.74) is 4.32. The second-order valence-corrected chi connectivity index (χ2v) is 11.6. The van der Waals surface area contributed by atoms with E-state index in [0.717, 1.165) is 20.1 Å². The Labute approximate surface area is 214 Å². The van der Waals surface area contributed by atoms with Crippen molar-refractivity contribution in [1.82, 2.24) is 9.71 Å². The van der Waals surface area contributed by atoms with Gasteiger partial charge >= 0.3 is 0 Å². The van der Waals surface area contributed by atoms with Gasteiger partial charge in [0.15, 0.2) is 0 Å². The van der Waals surface area contributed by atoms with Crippen molar-refractivity contribution in [1.29, 1.82) is 0 Å². The van der Waals surface area contributed by atoms with Gasteiger partial charge in [0.2, 0.25) is 10.0 Å². The predicted molar refractivity (Wildman–Crippen MR) is 141 cm³/mol. The molecule has 0 bridgehead atoms. The van der Waals surface area contributed by atoms with Crippen molar-refractivity contribution < 1.29 is 13.2 Å². The van der Waals surface area contributed by atoms with Gasteiger partial charge in [-0.3, -0.25) is 4.79 Å². The summed E-state index contributed by atoms with van der Waals surface area (Å²) in [5, 5.41) is 0.707. The molecule has 0 saturated heterocycles. The molecule has 1 aliphatic heterocycles. The molecule has 9 heteroatoms. The van der Waals surface area contributed by atoms with E-state index in [1.165, 1.54) is 7.05 Å². The van der Waals surface area contributed by atoms with Crippen LogP contribution in [-0.4, -0.2) is 32.9 Å². The van der Waals surface area contributed by atoms with Gasteiger partial charge in [-0.15, -0.1) is 0 Å². The SMILES string of the molecule is CNS(=O)(=O)c1ccc2c(c1)N(C(=O)c1cc(-c3ccccc3)nc3c(Br)cc(Br)cc13)CC2. The Kier molecular flexibility index (Phi) is 6.05. The number of carbonyl (C=O) groups is 1. The van der Waals surface area contributed by atoms with Crippen molar-refractivity contribution in [2.75, 3.05) is 18.5 Å². The van der Waals surface area contributed by atoms with Crippen LogP contribution >= 0.6 is 31.9 Å². The number of sulfonamides is 1. The maximum absolute atomic E-state index is 14.0. The van der Waals surface area contributed by atoms with Crippen molar-refractivity contribution in [3.63, 3.8) is 0 Å². The number of anilines is 1. The summed E-state index contributed by atoms with van der Waals surface area (Å²) in [5.74, 6) is -0.202. The zero-order valence-corrected chi connectivity index (χ0v) is 22.0. The Morgan fingerprint density at radius 3 is 2.53 bits per heavy atom. The second-order valence-electron chi connectivity index (χ2n) is 7.91. The molecule has 6 nitrogen and oxygen atoms in total. The van der Waals surface area contributed by atoms with Gasteiger partial charge in [0.25, 0.3) is 5.91 Å². The zero-order valence-electron chi connectivity index (χ0n) is 18.0. The lowest BCUT2D eigenvalue weighted by Crippen LogP contribution is -2.29. The number of hydrogen-bond acceptors (Lipinski definition) is 4. The topological polar surface area (TPSA) is 79.4 Å². The van der Waals surface area contributed by atoms with Crippen LogP contribution in [0.3, 0.4) is 0 Å². The largest absolute Gasteiger partial charge is 0.308 e. The quantitative estimate of drug-likeness (QED) is 0.334. The number of nitrogens with zero attached hydrogens (tertiary/aromatic N) is 2. The van der Waals surface area contributed by atoms with Crippen molar-refractivity contribution in [2.24, 2.45) is 0 Å². The van der Waals surface area contributed by atoms with E-state index < -0.39 is 10.0 Å². The summed E-state index contributed by atoms with van der Waals surface area (Å²) in [6.07, 6.45) is 0.656. The van der Waals surface area contributed by atoms with Crippen LogP contribution in [0.15, 0.2) is 80.6 Å². The number of amides is 1. The molecule has 5 rings (SSSR count). The van der Waals surface area contributed by atoms with Gasteiger partial charge in [-0.1, -0.05) is 52.3 Å². The number of rotatable bonds is 4. The van der Waals surface area contributed by atoms with E-state index in [1.54, 1.807) is 23.1 Å². The highest BCUT2D eigenvalue weighted by atomic mass is 79.9. The number of aromatic nitrogens is 1. The van der Waals surface area contributed by atoms with Crippen LogP contribution in [-0.2, 0) is 16.4 Å². The van der Waals surface area contributed by atoms with Crippen molar-refractivity contribution in [2.45, 2.75) is 11.3 Å². The van der Waals surface area contributed by atoms with Crippen LogP contribution in [0.5, 0.6) is 0 Å². The van der Waals surface area contributed by atoms with E-state index in [0.29, 0.717) is 40.8 Å². The lowest BCUT2D eigenvalue weighted by atomic mass is 10.0. The van der Waals surface area contributed by atoms with Gasteiger partial charge in [-0.25, -0.2) is 18.1 Å². The molecule has 0 spiro atoms. The highest BCUT2D eigenvalue weighted by Gasteiger charge is 2.29. The fourth-order valence-electron chi connectivity index (χ4n) is 4.19. The number of pyridine rings is 1. The molecule has 0 atom stereocenters. The molecule has 1 N–H and O–H groups in total. The minimum absolute atomic E-state index is 0.128. The maximum atomic E-state index is 14.0. The van der Waals surface area contributed by atoms with Crippen molar-refractivity contribution in [3.8, 4) is 11.3 Å². The minimum atomic E-state index is -3.63. The van der Waals surface area contributed by atoms with Gasteiger partial charge in [0, 0.05) is 32.1 Å². The fraction of sp³-hybridized carbons (Fsp3) is 0.120. The fourth-order valence-corrected chi connectivity index (χ4v) is 6.25. The van der Waals surface area contributed by atoms with Crippen molar-refractivity contribution >= 4 is 64.4 Å². The summed E-state index contributed by atoms with van der Waals surface area (Å²) >= 11 is 7.12. The average molecular weight is 601 g/mol. The number of benzene rings is 3. The van der Waals surface area contributed by atoms with E-state index in [4.69, 9.17) is 4.98 Å². The van der Waals surface area contributed by atoms with E-state index in [-0.39, 0.29) is 10.8 Å². The molecule has 1 aromatic heterocycles. The Bertz CT molecular complexity index is 1560. The number of hydrogen-bond donors (Lipinski definition) is 1. The summed E-state index contributed by atoms with van der Waals surface area (Å²) < 4.78 is 28.7. The standard InChI is InChI=1S/C25H19Br2N3O3S/c1-28-34(32,33)18-8-7-16-9-10-30(23(16)13-18)25(31)20-14-22(15-5-3-2-4-6-15)29-24-19(20)11-17(26)12-21(24)27/h2-8,11-14,28H,9-10H2,1H3. The molecule has 0 unspecified atom stereocenters. The number of fused-ring (bicyclic) bond motifs is 2. The lowest BCUT2D eigenvalue weighted by Gasteiger charge is -2.20. The van der Waals surface area contributed by atoms with Crippen molar-refractivity contribution in [3.05, 3.63) is 86.8 Å². The molecule has 0 saturated carbocycles. The first-order valence-corrected chi connectivity index (χ1v) is 13.6. The predicted octanol–water partition coefficient (Wildman–Crippen LogP) is 5.54. The van der Waals surface area contributed by atoms with Crippen LogP contribution in [0, 0.1) is 0 Å². The summed E-state index contributed by atoms with van der Waals surface area (Å²) in [6, 6.07) is 20.2. The number of nitrogens with one attached hydrogen (secondary N) is 1. The molecule has 1 aliphatic rings. The Morgan fingerprint density at radius 2 is 1.79 bits per heavy atom. The van der Waals surface area contributed by atoms with Crippen LogP contribution in [0.25, 0.3) is 22.2 Å². The molecule has 4 aromatic rings. The van der Waals surface area contributed by atoms with Crippen LogP contribution < -0.4 is 9.62 Å². The third kappa shape index (κ3) is 4.07. The Morgan fingerprint density at radius 1 is 1.03 bits per heavy atom. The zero-order chi connectivity index (χ0) is 24.0. The monoisotopic (exact) mass is 599 g/mol. The highest BCUT2D eigenvalue weighted by molar-refractivity contribution is 9.11. The third-order valence-electron chi connectivity index (χ3n) is 5.91. The van der Waals surface area contributed by atoms with Crippen LogP contribution in [0.1, 0.15) is 15.9 Å². The van der Waals surface area contributed by atoms with E-state index >= 15 is 0 Å². The summed E-state index contributed by atoms with van der Waals surface area (Å²) in [4.78, 5) is 20.6. The molecule has 0 fully saturated rings.